The highest BCUT2D eigenvalue weighted by Crippen LogP contribution is 2.39. The molecule has 1 aliphatic rings. The maximum absolute atomic E-state index is 10.5. The predicted molar refractivity (Wildman–Crippen MR) is 81.7 cm³/mol. The first-order valence-electron chi connectivity index (χ1n) is 5.52. The Bertz CT molecular complexity index is 597. The maximum Gasteiger partial charge on any atom is 0.128 e. The van der Waals surface area contributed by atoms with Gasteiger partial charge in [-0.2, -0.15) is 0 Å². The summed E-state index contributed by atoms with van der Waals surface area (Å²) in [4.78, 5) is 0. The number of fused-ring (bicyclic) bond motifs is 1. The second-order valence-corrected chi connectivity index (χ2v) is 7.41. The average molecular weight is 393 g/mol. The summed E-state index contributed by atoms with van der Waals surface area (Å²) in [5.74, 6) is 0.799. The molecule has 1 atom stereocenters. The van der Waals surface area contributed by atoms with E-state index in [4.69, 9.17) is 16.3 Å². The molecule has 18 heavy (non-hydrogen) atoms. The van der Waals surface area contributed by atoms with Gasteiger partial charge in [-0.3, -0.25) is 0 Å². The number of benzene rings is 1. The second-order valence-electron chi connectivity index (χ2n) is 4.17. The Morgan fingerprint density at radius 1 is 1.39 bits per heavy atom. The molecule has 1 aromatic heterocycles. The molecule has 1 aliphatic heterocycles. The molecule has 1 aromatic carbocycles. The monoisotopic (exact) mass is 392 g/mol. The lowest BCUT2D eigenvalue weighted by molar-refractivity contribution is 0.214. The van der Waals surface area contributed by atoms with Crippen LogP contribution in [-0.2, 0) is 6.42 Å². The quantitative estimate of drug-likeness (QED) is 0.782. The standard InChI is InChI=1S/C13H10ClIO2S/c14-9-3-7-1-2-17-13(7)10(5-9)12(16)8-4-11(15)18-6-8/h3-6,12,16H,1-2H2. The summed E-state index contributed by atoms with van der Waals surface area (Å²) in [6, 6.07) is 5.69. The van der Waals surface area contributed by atoms with Crippen LogP contribution in [0.4, 0.5) is 0 Å². The topological polar surface area (TPSA) is 29.5 Å². The van der Waals surface area contributed by atoms with Gasteiger partial charge in [0.05, 0.1) is 9.49 Å². The Balaban J connectivity index is 2.06. The molecule has 0 aliphatic carbocycles. The molecular formula is C13H10ClIO2S. The highest BCUT2D eigenvalue weighted by atomic mass is 127. The van der Waals surface area contributed by atoms with Crippen LogP contribution in [0.15, 0.2) is 23.6 Å². The van der Waals surface area contributed by atoms with Crippen LogP contribution in [0.2, 0.25) is 5.02 Å². The summed E-state index contributed by atoms with van der Waals surface area (Å²) in [6.45, 7) is 0.663. The number of aliphatic hydroxyl groups is 1. The Labute approximate surface area is 128 Å². The van der Waals surface area contributed by atoms with Crippen LogP contribution in [0.25, 0.3) is 0 Å². The zero-order chi connectivity index (χ0) is 12.7. The van der Waals surface area contributed by atoms with Gasteiger partial charge in [0.2, 0.25) is 0 Å². The zero-order valence-corrected chi connectivity index (χ0v) is 13.1. The number of halogens is 2. The van der Waals surface area contributed by atoms with Crippen molar-refractivity contribution in [1.29, 1.82) is 0 Å². The van der Waals surface area contributed by atoms with E-state index in [1.807, 2.05) is 17.5 Å². The molecule has 0 saturated carbocycles. The number of aliphatic hydroxyl groups excluding tert-OH is 1. The van der Waals surface area contributed by atoms with Gasteiger partial charge >= 0.3 is 0 Å². The lowest BCUT2D eigenvalue weighted by Gasteiger charge is -2.14. The van der Waals surface area contributed by atoms with Crippen LogP contribution in [0.3, 0.4) is 0 Å². The Morgan fingerprint density at radius 2 is 2.22 bits per heavy atom. The van der Waals surface area contributed by atoms with Gasteiger partial charge in [0, 0.05) is 17.0 Å². The number of ether oxygens (including phenoxy) is 1. The highest BCUT2D eigenvalue weighted by Gasteiger charge is 2.23. The molecular weight excluding hydrogens is 383 g/mol. The summed E-state index contributed by atoms with van der Waals surface area (Å²) in [6.07, 6.45) is 0.187. The van der Waals surface area contributed by atoms with E-state index in [0.29, 0.717) is 11.6 Å². The first-order chi connectivity index (χ1) is 8.65. The molecule has 0 radical (unpaired) electrons. The lowest BCUT2D eigenvalue weighted by atomic mass is 10.0. The molecule has 2 nitrogen and oxygen atoms in total. The van der Waals surface area contributed by atoms with E-state index in [-0.39, 0.29) is 0 Å². The third kappa shape index (κ3) is 2.27. The number of hydrogen-bond donors (Lipinski definition) is 1. The first-order valence-corrected chi connectivity index (χ1v) is 7.86. The average Bonchev–Trinajstić information content (AvgIpc) is 2.95. The van der Waals surface area contributed by atoms with Gasteiger partial charge in [-0.1, -0.05) is 11.6 Å². The van der Waals surface area contributed by atoms with Gasteiger partial charge in [0.15, 0.2) is 0 Å². The molecule has 0 bridgehead atoms. The molecule has 1 N–H and O–H groups in total. The summed E-state index contributed by atoms with van der Waals surface area (Å²) in [5.41, 5.74) is 2.75. The van der Waals surface area contributed by atoms with Crippen molar-refractivity contribution in [3.8, 4) is 5.75 Å². The third-order valence-corrected chi connectivity index (χ3v) is 5.00. The van der Waals surface area contributed by atoms with Crippen molar-refractivity contribution < 1.29 is 9.84 Å². The Hall–Kier alpha value is -0.300. The van der Waals surface area contributed by atoms with Gasteiger partial charge in [-0.25, -0.2) is 0 Å². The normalized spacial score (nSPS) is 15.3. The molecule has 0 saturated heterocycles. The van der Waals surface area contributed by atoms with Crippen molar-refractivity contribution in [2.24, 2.45) is 0 Å². The zero-order valence-electron chi connectivity index (χ0n) is 9.32. The second kappa shape index (κ2) is 5.00. The molecule has 0 fully saturated rings. The molecule has 2 aromatic rings. The van der Waals surface area contributed by atoms with Gasteiger partial charge in [-0.15, -0.1) is 11.3 Å². The van der Waals surface area contributed by atoms with Gasteiger partial charge < -0.3 is 9.84 Å². The van der Waals surface area contributed by atoms with Gasteiger partial charge in [0.1, 0.15) is 11.9 Å². The van der Waals surface area contributed by atoms with E-state index in [2.05, 4.69) is 22.6 Å². The largest absolute Gasteiger partial charge is 0.493 e. The smallest absolute Gasteiger partial charge is 0.128 e. The van der Waals surface area contributed by atoms with Crippen LogP contribution < -0.4 is 4.74 Å². The van der Waals surface area contributed by atoms with Gasteiger partial charge in [0.25, 0.3) is 0 Å². The minimum atomic E-state index is -0.671. The van der Waals surface area contributed by atoms with Crippen molar-refractivity contribution in [1.82, 2.24) is 0 Å². The molecule has 0 spiro atoms. The number of rotatable bonds is 2. The van der Waals surface area contributed by atoms with Crippen molar-refractivity contribution in [2.45, 2.75) is 12.5 Å². The third-order valence-electron chi connectivity index (χ3n) is 2.98. The first kappa shape index (κ1) is 12.7. The van der Waals surface area contributed by atoms with E-state index < -0.39 is 6.10 Å². The fourth-order valence-corrected chi connectivity index (χ4v) is 3.79. The van der Waals surface area contributed by atoms with Crippen LogP contribution in [0.1, 0.15) is 22.8 Å². The highest BCUT2D eigenvalue weighted by molar-refractivity contribution is 14.1. The van der Waals surface area contributed by atoms with Gasteiger partial charge in [-0.05, 0) is 57.3 Å². The predicted octanol–water partition coefficient (Wildman–Crippen LogP) is 4.02. The molecule has 5 heteroatoms. The summed E-state index contributed by atoms with van der Waals surface area (Å²) in [7, 11) is 0. The minimum Gasteiger partial charge on any atom is -0.493 e. The molecule has 1 unspecified atom stereocenters. The van der Waals surface area contributed by atoms with Crippen LogP contribution in [0.5, 0.6) is 5.75 Å². The molecule has 94 valence electrons. The van der Waals surface area contributed by atoms with Crippen molar-refractivity contribution in [3.05, 3.63) is 48.2 Å². The summed E-state index contributed by atoms with van der Waals surface area (Å²) in [5, 5.41) is 13.1. The SMILES string of the molecule is OC(c1csc(I)c1)c1cc(Cl)cc2c1OCC2. The van der Waals surface area contributed by atoms with Crippen LogP contribution >= 0.6 is 45.5 Å². The fourth-order valence-electron chi connectivity index (χ4n) is 2.15. The van der Waals surface area contributed by atoms with E-state index in [0.717, 1.165) is 31.7 Å². The number of thiophene rings is 1. The van der Waals surface area contributed by atoms with Crippen LogP contribution in [-0.4, -0.2) is 11.7 Å². The van der Waals surface area contributed by atoms with Crippen LogP contribution in [0, 0.1) is 2.88 Å². The maximum atomic E-state index is 10.5. The van der Waals surface area contributed by atoms with Crippen molar-refractivity contribution in [3.63, 3.8) is 0 Å². The molecule has 3 rings (SSSR count). The summed E-state index contributed by atoms with van der Waals surface area (Å²) < 4.78 is 6.77. The number of hydrogen-bond acceptors (Lipinski definition) is 3. The Kier molecular flexibility index (Phi) is 3.53. The fraction of sp³-hybridized carbons (Fsp3) is 0.231. The van der Waals surface area contributed by atoms with E-state index >= 15 is 0 Å². The van der Waals surface area contributed by atoms with Crippen molar-refractivity contribution >= 4 is 45.5 Å². The van der Waals surface area contributed by atoms with E-state index in [1.165, 1.54) is 0 Å². The van der Waals surface area contributed by atoms with E-state index in [1.54, 1.807) is 17.4 Å². The summed E-state index contributed by atoms with van der Waals surface area (Å²) >= 11 is 9.96. The minimum absolute atomic E-state index is 0.651. The van der Waals surface area contributed by atoms with Crippen molar-refractivity contribution in [2.75, 3.05) is 6.61 Å². The molecule has 0 amide bonds. The Morgan fingerprint density at radius 3 is 2.94 bits per heavy atom. The lowest BCUT2D eigenvalue weighted by Crippen LogP contribution is -2.01. The van der Waals surface area contributed by atoms with E-state index in [9.17, 15) is 5.11 Å². The molecule has 2 heterocycles.